The zero-order valence-corrected chi connectivity index (χ0v) is 15.8. The second-order valence-corrected chi connectivity index (χ2v) is 8.53. The maximum absolute atomic E-state index is 10.5. The van der Waals surface area contributed by atoms with Crippen molar-refractivity contribution in [1.82, 2.24) is 15.3 Å². The van der Waals surface area contributed by atoms with Crippen molar-refractivity contribution in [2.45, 2.75) is 18.2 Å². The van der Waals surface area contributed by atoms with Crippen LogP contribution in [-0.2, 0) is 10.1 Å². The van der Waals surface area contributed by atoms with Crippen LogP contribution in [0.1, 0.15) is 12.0 Å². The van der Waals surface area contributed by atoms with Crippen LogP contribution >= 0.6 is 0 Å². The molecule has 1 aliphatic heterocycles. The molecule has 2 heterocycles. The molecule has 2 atom stereocenters. The molecule has 5 rings (SSSR count). The minimum atomic E-state index is -4.02. The molecule has 0 saturated carbocycles. The Morgan fingerprint density at radius 3 is 2.52 bits per heavy atom. The van der Waals surface area contributed by atoms with Crippen molar-refractivity contribution < 1.29 is 13.0 Å². The first-order valence-corrected chi connectivity index (χ1v) is 10.3. The number of allylic oxidation sites excluding steroid dienone is 1. The topological polar surface area (TPSA) is 92.2 Å². The Hall–Kier alpha value is -2.35. The van der Waals surface area contributed by atoms with Crippen molar-refractivity contribution >= 4 is 22.3 Å². The highest BCUT2D eigenvalue weighted by Crippen LogP contribution is 2.41. The molecule has 2 unspecified atom stereocenters. The third-order valence-corrected chi connectivity index (χ3v) is 6.10. The fraction of sp³-hybridized carbons (Fsp3) is 0.300. The van der Waals surface area contributed by atoms with Crippen LogP contribution in [0.4, 0.5) is 0 Å². The molecule has 2 aromatic rings. The first-order chi connectivity index (χ1) is 12.9. The van der Waals surface area contributed by atoms with Gasteiger partial charge in [0.15, 0.2) is 0 Å². The smallest absolute Gasteiger partial charge is 0.294 e. The molecule has 27 heavy (non-hydrogen) atoms. The van der Waals surface area contributed by atoms with E-state index in [1.807, 2.05) is 6.92 Å². The standard InChI is InChI=1S/C13H13N3.C7H8O3S/c1-2-16-13-5-11-9-3-8(6-14-7-9)10(11)4-12(13)15-1;1-6-2-4-7(5-3-6)11(8,9)10/h1-2,4-5,8,10,14H,3,6-7H2;2-5H,1H3,(H,8,9,10). The number of hydrogen-bond donors (Lipinski definition) is 2. The highest BCUT2D eigenvalue weighted by molar-refractivity contribution is 7.85. The lowest BCUT2D eigenvalue weighted by molar-refractivity contribution is 0.431. The molecule has 1 aromatic carbocycles. The van der Waals surface area contributed by atoms with Gasteiger partial charge in [-0.25, -0.2) is 0 Å². The molecular formula is C20H21N3O3S. The fourth-order valence-corrected chi connectivity index (χ4v) is 4.36. The maximum Gasteiger partial charge on any atom is 0.294 e. The summed E-state index contributed by atoms with van der Waals surface area (Å²) in [6, 6.07) is 5.99. The molecule has 2 N–H and O–H groups in total. The van der Waals surface area contributed by atoms with Gasteiger partial charge in [-0.15, -0.1) is 0 Å². The molecule has 0 spiro atoms. The highest BCUT2D eigenvalue weighted by Gasteiger charge is 2.35. The normalized spacial score (nSPS) is 22.6. The Balaban J connectivity index is 0.000000145. The number of piperidine rings is 1. The maximum atomic E-state index is 10.5. The number of rotatable bonds is 1. The predicted octanol–water partition coefficient (Wildman–Crippen LogP) is 0.829. The zero-order chi connectivity index (χ0) is 19.0. The van der Waals surface area contributed by atoms with Crippen LogP contribution in [0.5, 0.6) is 0 Å². The zero-order valence-electron chi connectivity index (χ0n) is 15.0. The van der Waals surface area contributed by atoms with E-state index < -0.39 is 10.1 Å². The summed E-state index contributed by atoms with van der Waals surface area (Å²) in [5.41, 5.74) is 4.04. The summed E-state index contributed by atoms with van der Waals surface area (Å²) in [7, 11) is -4.02. The predicted molar refractivity (Wildman–Crippen MR) is 103 cm³/mol. The van der Waals surface area contributed by atoms with Crippen molar-refractivity contribution in [3.8, 4) is 0 Å². The van der Waals surface area contributed by atoms with Gasteiger partial charge in [-0.05, 0) is 55.7 Å². The first-order valence-electron chi connectivity index (χ1n) is 8.89. The van der Waals surface area contributed by atoms with E-state index in [0.29, 0.717) is 5.92 Å². The largest absolute Gasteiger partial charge is 0.313 e. The van der Waals surface area contributed by atoms with E-state index in [0.717, 1.165) is 35.3 Å². The molecule has 1 saturated heterocycles. The molecule has 6 nitrogen and oxygen atoms in total. The van der Waals surface area contributed by atoms with Crippen LogP contribution in [0, 0.1) is 18.8 Å². The third-order valence-electron chi connectivity index (χ3n) is 5.23. The van der Waals surface area contributed by atoms with Crippen molar-refractivity contribution in [2.75, 3.05) is 13.1 Å². The second-order valence-electron chi connectivity index (χ2n) is 7.11. The average Bonchev–Trinajstić information content (AvgIpc) is 2.90. The van der Waals surface area contributed by atoms with Gasteiger partial charge in [0.2, 0.25) is 0 Å². The summed E-state index contributed by atoms with van der Waals surface area (Å²) < 4.78 is 29.6. The number of aromatic nitrogens is 2. The monoisotopic (exact) mass is 383 g/mol. The fourth-order valence-electron chi connectivity index (χ4n) is 3.88. The summed E-state index contributed by atoms with van der Waals surface area (Å²) in [5, 5.41) is 5.59. The van der Waals surface area contributed by atoms with Gasteiger partial charge in [-0.1, -0.05) is 23.3 Å². The van der Waals surface area contributed by atoms with E-state index in [4.69, 9.17) is 4.55 Å². The Kier molecular flexibility index (Phi) is 4.67. The van der Waals surface area contributed by atoms with Crippen molar-refractivity contribution in [1.29, 1.82) is 0 Å². The van der Waals surface area contributed by atoms with E-state index in [1.54, 1.807) is 30.1 Å². The van der Waals surface area contributed by atoms with Crippen molar-refractivity contribution in [3.63, 3.8) is 0 Å². The summed E-state index contributed by atoms with van der Waals surface area (Å²) in [6.07, 6.45) is 9.36. The highest BCUT2D eigenvalue weighted by atomic mass is 32.2. The van der Waals surface area contributed by atoms with Crippen molar-refractivity contribution in [3.05, 3.63) is 64.1 Å². The van der Waals surface area contributed by atoms with Gasteiger partial charge in [0.05, 0.1) is 15.6 Å². The number of nitrogens with zero attached hydrogens (tertiary/aromatic N) is 2. The lowest BCUT2D eigenvalue weighted by Crippen LogP contribution is -2.36. The SMILES string of the molecule is C1=c2nccnc2=CC2C1=C1CNCC2C1.Cc1ccc(S(=O)(=O)O)cc1. The minimum Gasteiger partial charge on any atom is -0.313 e. The Morgan fingerprint density at radius 1 is 1.11 bits per heavy atom. The van der Waals surface area contributed by atoms with Gasteiger partial charge >= 0.3 is 0 Å². The Bertz CT molecular complexity index is 1120. The summed E-state index contributed by atoms with van der Waals surface area (Å²) >= 11 is 0. The molecule has 0 radical (unpaired) electrons. The number of fused-ring (bicyclic) bond motifs is 5. The summed E-state index contributed by atoms with van der Waals surface area (Å²) in [6.45, 7) is 4.04. The second kappa shape index (κ2) is 6.99. The molecule has 140 valence electrons. The Labute approximate surface area is 158 Å². The lowest BCUT2D eigenvalue weighted by Gasteiger charge is -2.21. The van der Waals surface area contributed by atoms with Crippen LogP contribution in [0.25, 0.3) is 12.2 Å². The molecule has 2 bridgehead atoms. The van der Waals surface area contributed by atoms with Crippen LogP contribution in [-0.4, -0.2) is 36.0 Å². The number of aryl methyl sites for hydroxylation is 1. The average molecular weight is 383 g/mol. The van der Waals surface area contributed by atoms with Gasteiger partial charge in [-0.3, -0.25) is 14.5 Å². The van der Waals surface area contributed by atoms with Gasteiger partial charge in [-0.2, -0.15) is 8.42 Å². The molecule has 7 heteroatoms. The van der Waals surface area contributed by atoms with E-state index in [1.165, 1.54) is 24.1 Å². The summed E-state index contributed by atoms with van der Waals surface area (Å²) in [4.78, 5) is 8.72. The molecule has 2 aliphatic carbocycles. The van der Waals surface area contributed by atoms with E-state index in [2.05, 4.69) is 27.4 Å². The minimum absolute atomic E-state index is 0.0666. The van der Waals surface area contributed by atoms with E-state index in [9.17, 15) is 8.42 Å². The molecule has 3 aliphatic rings. The van der Waals surface area contributed by atoms with E-state index in [-0.39, 0.29) is 4.90 Å². The quantitative estimate of drug-likeness (QED) is 0.709. The number of hydrogen-bond acceptors (Lipinski definition) is 5. The number of nitrogens with one attached hydrogen (secondary N) is 1. The van der Waals surface area contributed by atoms with E-state index >= 15 is 0 Å². The molecule has 1 aromatic heterocycles. The van der Waals surface area contributed by atoms with Crippen molar-refractivity contribution in [2.24, 2.45) is 11.8 Å². The van der Waals surface area contributed by atoms with Gasteiger partial charge < -0.3 is 5.32 Å². The van der Waals surface area contributed by atoms with Crippen LogP contribution < -0.4 is 16.0 Å². The van der Waals surface area contributed by atoms with Gasteiger partial charge in [0.1, 0.15) is 0 Å². The third kappa shape index (κ3) is 3.71. The summed E-state index contributed by atoms with van der Waals surface area (Å²) in [5.74, 6) is 1.32. The molecular weight excluding hydrogens is 362 g/mol. The van der Waals surface area contributed by atoms with Gasteiger partial charge in [0, 0.05) is 24.9 Å². The Morgan fingerprint density at radius 2 is 1.81 bits per heavy atom. The van der Waals surface area contributed by atoms with Crippen LogP contribution in [0.15, 0.2) is 52.7 Å². The van der Waals surface area contributed by atoms with Gasteiger partial charge in [0.25, 0.3) is 10.1 Å². The molecule has 1 fully saturated rings. The van der Waals surface area contributed by atoms with Crippen LogP contribution in [0.2, 0.25) is 0 Å². The number of benzene rings is 1. The van der Waals surface area contributed by atoms with Crippen LogP contribution in [0.3, 0.4) is 0 Å². The lowest BCUT2D eigenvalue weighted by atomic mass is 9.88. The first kappa shape index (κ1) is 18.0. The molecule has 0 amide bonds.